The number of alkyl halides is 3. The van der Waals surface area contributed by atoms with E-state index in [0.717, 1.165) is 22.9 Å². The fraction of sp³-hybridized carbons (Fsp3) is 0.231. The summed E-state index contributed by atoms with van der Waals surface area (Å²) in [6.07, 6.45) is -2.02. The number of benzene rings is 2. The topological polar surface area (TPSA) is 79.4 Å². The second-order valence-corrected chi connectivity index (χ2v) is 8.42. The number of imidazole rings is 1. The predicted molar refractivity (Wildman–Crippen MR) is 127 cm³/mol. The third kappa shape index (κ3) is 5.17. The zero-order chi connectivity index (χ0) is 25.2. The van der Waals surface area contributed by atoms with Gasteiger partial charge < -0.3 is 9.88 Å². The van der Waals surface area contributed by atoms with Crippen molar-refractivity contribution in [2.24, 2.45) is 7.05 Å². The van der Waals surface area contributed by atoms with Gasteiger partial charge in [-0.05, 0) is 17.0 Å². The summed E-state index contributed by atoms with van der Waals surface area (Å²) in [5.74, 6) is 1.46. The molecule has 0 spiro atoms. The van der Waals surface area contributed by atoms with Crippen LogP contribution in [0.1, 0.15) is 42.1 Å². The minimum atomic E-state index is -4.50. The first-order valence-electron chi connectivity index (χ1n) is 11.0. The number of anilines is 1. The van der Waals surface area contributed by atoms with E-state index in [4.69, 9.17) is 0 Å². The van der Waals surface area contributed by atoms with Crippen LogP contribution in [0.25, 0.3) is 22.8 Å². The largest absolute Gasteiger partial charge is 0.434 e. The summed E-state index contributed by atoms with van der Waals surface area (Å²) in [4.78, 5) is 12.7. The van der Waals surface area contributed by atoms with Gasteiger partial charge in [-0.3, -0.25) is 0 Å². The summed E-state index contributed by atoms with van der Waals surface area (Å²) in [6, 6.07) is 17.0. The molecule has 0 saturated heterocycles. The van der Waals surface area contributed by atoms with Crippen molar-refractivity contribution >= 4 is 5.82 Å². The third-order valence-electron chi connectivity index (χ3n) is 5.57. The zero-order valence-corrected chi connectivity index (χ0v) is 19.4. The van der Waals surface area contributed by atoms with Crippen molar-refractivity contribution in [3.8, 4) is 28.8 Å². The Hall–Kier alpha value is -4.19. The lowest BCUT2D eigenvalue weighted by Crippen LogP contribution is -2.06. The second-order valence-electron chi connectivity index (χ2n) is 8.42. The van der Waals surface area contributed by atoms with E-state index < -0.39 is 11.9 Å². The van der Waals surface area contributed by atoms with E-state index in [1.54, 1.807) is 24.3 Å². The first kappa shape index (κ1) is 24.0. The van der Waals surface area contributed by atoms with Crippen molar-refractivity contribution in [2.45, 2.75) is 32.5 Å². The molecular weight excluding hydrogens is 453 g/mol. The molecule has 0 aliphatic heterocycles. The van der Waals surface area contributed by atoms with Gasteiger partial charge in [0.05, 0.1) is 6.20 Å². The van der Waals surface area contributed by atoms with Gasteiger partial charge in [0, 0.05) is 30.9 Å². The highest BCUT2D eigenvalue weighted by molar-refractivity contribution is 5.64. The quantitative estimate of drug-likeness (QED) is 0.360. The van der Waals surface area contributed by atoms with E-state index in [-0.39, 0.29) is 11.7 Å². The van der Waals surface area contributed by atoms with Gasteiger partial charge in [-0.1, -0.05) is 62.4 Å². The molecule has 0 aliphatic rings. The predicted octanol–water partition coefficient (Wildman–Crippen LogP) is 6.17. The van der Waals surface area contributed by atoms with Gasteiger partial charge in [-0.15, -0.1) is 0 Å². The fourth-order valence-electron chi connectivity index (χ4n) is 3.76. The molecule has 0 saturated carbocycles. The smallest absolute Gasteiger partial charge is 0.365 e. The van der Waals surface area contributed by atoms with Gasteiger partial charge in [-0.25, -0.2) is 15.0 Å². The number of aromatic nitrogens is 4. The van der Waals surface area contributed by atoms with Crippen LogP contribution in [0.15, 0.2) is 60.9 Å². The number of rotatable bonds is 6. The van der Waals surface area contributed by atoms with Crippen LogP contribution in [-0.4, -0.2) is 19.5 Å². The Morgan fingerprint density at radius 3 is 2.40 bits per heavy atom. The maximum Gasteiger partial charge on any atom is 0.434 e. The normalized spacial score (nSPS) is 11.5. The van der Waals surface area contributed by atoms with Crippen LogP contribution < -0.4 is 5.32 Å². The van der Waals surface area contributed by atoms with Crippen molar-refractivity contribution in [1.82, 2.24) is 19.5 Å². The van der Waals surface area contributed by atoms with Crippen molar-refractivity contribution in [1.29, 1.82) is 5.26 Å². The lowest BCUT2D eigenvalue weighted by atomic mass is 9.97. The molecule has 2 heterocycles. The van der Waals surface area contributed by atoms with Crippen LogP contribution in [0.3, 0.4) is 0 Å². The standard InChI is InChI=1S/C26H23F3N6/c1-16(2)20-6-4-5-7-21(20)24-32-14-19(12-30)23(34-24)31-13-17-8-10-18(11-9-17)25-33-22(15-35(25)3)26(27,28)29/h4-11,14-16H,13H2,1-3H3,(H,31,32,34). The molecule has 1 N–H and O–H groups in total. The Balaban J connectivity index is 1.55. The summed E-state index contributed by atoms with van der Waals surface area (Å²) in [7, 11) is 1.53. The van der Waals surface area contributed by atoms with Crippen LogP contribution in [-0.2, 0) is 19.8 Å². The van der Waals surface area contributed by atoms with Gasteiger partial charge >= 0.3 is 6.18 Å². The van der Waals surface area contributed by atoms with E-state index in [1.807, 2.05) is 24.3 Å². The first-order valence-corrected chi connectivity index (χ1v) is 11.0. The fourth-order valence-corrected chi connectivity index (χ4v) is 3.76. The molecule has 6 nitrogen and oxygen atoms in total. The molecule has 178 valence electrons. The van der Waals surface area contributed by atoms with E-state index >= 15 is 0 Å². The summed E-state index contributed by atoms with van der Waals surface area (Å²) in [6.45, 7) is 4.56. The monoisotopic (exact) mass is 476 g/mol. The molecular formula is C26H23F3N6. The van der Waals surface area contributed by atoms with Crippen LogP contribution in [0, 0.1) is 11.3 Å². The molecule has 0 bridgehead atoms. The number of nitrogens with one attached hydrogen (secondary N) is 1. The van der Waals surface area contributed by atoms with E-state index in [1.165, 1.54) is 17.8 Å². The molecule has 2 aromatic heterocycles. The average molecular weight is 477 g/mol. The van der Waals surface area contributed by atoms with Crippen LogP contribution in [0.5, 0.6) is 0 Å². The summed E-state index contributed by atoms with van der Waals surface area (Å²) in [5, 5.41) is 12.7. The van der Waals surface area contributed by atoms with Gasteiger partial charge in [0.15, 0.2) is 11.5 Å². The van der Waals surface area contributed by atoms with Crippen LogP contribution >= 0.6 is 0 Å². The van der Waals surface area contributed by atoms with E-state index in [9.17, 15) is 18.4 Å². The molecule has 9 heteroatoms. The van der Waals surface area contributed by atoms with Gasteiger partial charge in [-0.2, -0.15) is 18.4 Å². The molecule has 0 aliphatic carbocycles. The van der Waals surface area contributed by atoms with Gasteiger partial charge in [0.1, 0.15) is 23.3 Å². The Morgan fingerprint density at radius 1 is 1.06 bits per heavy atom. The average Bonchev–Trinajstić information content (AvgIpc) is 3.25. The number of nitrogens with zero attached hydrogens (tertiary/aromatic N) is 5. The van der Waals surface area contributed by atoms with Crippen LogP contribution in [0.4, 0.5) is 19.0 Å². The number of aryl methyl sites for hydroxylation is 1. The molecule has 35 heavy (non-hydrogen) atoms. The van der Waals surface area contributed by atoms with Crippen molar-refractivity contribution < 1.29 is 13.2 Å². The minimum absolute atomic E-state index is 0.230. The maximum atomic E-state index is 13.0. The number of hydrogen-bond donors (Lipinski definition) is 1. The molecule has 0 amide bonds. The Morgan fingerprint density at radius 2 is 1.77 bits per heavy atom. The van der Waals surface area contributed by atoms with Gasteiger partial charge in [0.25, 0.3) is 0 Å². The number of hydrogen-bond acceptors (Lipinski definition) is 5. The highest BCUT2D eigenvalue weighted by Crippen LogP contribution is 2.31. The van der Waals surface area contributed by atoms with Crippen molar-refractivity contribution in [3.05, 3.63) is 83.3 Å². The SMILES string of the molecule is CC(C)c1ccccc1-c1ncc(C#N)c(NCc2ccc(-c3nc(C(F)(F)F)cn3C)cc2)n1. The zero-order valence-electron chi connectivity index (χ0n) is 19.4. The molecule has 4 aromatic rings. The Bertz CT molecular complexity index is 1380. The van der Waals surface area contributed by atoms with Crippen molar-refractivity contribution in [2.75, 3.05) is 5.32 Å². The molecule has 0 unspecified atom stereocenters. The summed E-state index contributed by atoms with van der Waals surface area (Å²) in [5.41, 5.74) is 2.85. The highest BCUT2D eigenvalue weighted by atomic mass is 19.4. The van der Waals surface area contributed by atoms with E-state index in [0.29, 0.717) is 29.3 Å². The van der Waals surface area contributed by atoms with E-state index in [2.05, 4.69) is 40.2 Å². The number of nitriles is 1. The lowest BCUT2D eigenvalue weighted by Gasteiger charge is -2.13. The Labute approximate surface area is 201 Å². The lowest BCUT2D eigenvalue weighted by molar-refractivity contribution is -0.140. The van der Waals surface area contributed by atoms with Gasteiger partial charge in [0.2, 0.25) is 0 Å². The molecule has 4 rings (SSSR count). The number of halogens is 3. The maximum absolute atomic E-state index is 13.0. The molecule has 0 radical (unpaired) electrons. The highest BCUT2D eigenvalue weighted by Gasteiger charge is 2.34. The third-order valence-corrected chi connectivity index (χ3v) is 5.57. The van der Waals surface area contributed by atoms with Crippen LogP contribution in [0.2, 0.25) is 0 Å². The molecule has 2 aromatic carbocycles. The molecule has 0 fully saturated rings. The first-order chi connectivity index (χ1) is 16.7. The second kappa shape index (κ2) is 9.58. The summed E-state index contributed by atoms with van der Waals surface area (Å²) < 4.78 is 40.2. The van der Waals surface area contributed by atoms with Crippen molar-refractivity contribution in [3.63, 3.8) is 0 Å². The minimum Gasteiger partial charge on any atom is -0.365 e. The Kier molecular flexibility index (Phi) is 6.56. The molecule has 0 atom stereocenters. The summed E-state index contributed by atoms with van der Waals surface area (Å²) >= 11 is 0.